The summed E-state index contributed by atoms with van der Waals surface area (Å²) in [6.07, 6.45) is 3.61. The number of carbonyl (C=O) groups excluding carboxylic acids is 1. The Hall–Kier alpha value is -2.56. The Bertz CT molecular complexity index is 759. The molecule has 4 nitrogen and oxygen atoms in total. The smallest absolute Gasteiger partial charge is 0.338 e. The third-order valence-electron chi connectivity index (χ3n) is 4.17. The van der Waals surface area contributed by atoms with E-state index in [9.17, 15) is 9.18 Å². The minimum atomic E-state index is -0.401. The van der Waals surface area contributed by atoms with Crippen molar-refractivity contribution < 1.29 is 23.4 Å². The van der Waals surface area contributed by atoms with Crippen LogP contribution in [0.1, 0.15) is 63.7 Å². The Morgan fingerprint density at radius 2 is 1.62 bits per heavy atom. The molecule has 0 heterocycles. The Labute approximate surface area is 174 Å². The van der Waals surface area contributed by atoms with E-state index in [-0.39, 0.29) is 5.82 Å². The Balaban J connectivity index is 0.00000204. The van der Waals surface area contributed by atoms with Crippen molar-refractivity contribution in [2.45, 2.75) is 53.4 Å². The summed E-state index contributed by atoms with van der Waals surface area (Å²) in [5.41, 5.74) is 1.34. The number of methoxy groups -OCH3 is 1. The molecule has 0 unspecified atom stereocenters. The van der Waals surface area contributed by atoms with Crippen LogP contribution in [0.5, 0.6) is 11.5 Å². The van der Waals surface area contributed by atoms with Crippen LogP contribution in [0.15, 0.2) is 36.4 Å². The van der Waals surface area contributed by atoms with Gasteiger partial charge in [0.05, 0.1) is 25.9 Å². The zero-order chi connectivity index (χ0) is 21.6. The van der Waals surface area contributed by atoms with Crippen LogP contribution < -0.4 is 9.47 Å². The Morgan fingerprint density at radius 1 is 0.931 bits per heavy atom. The predicted molar refractivity (Wildman–Crippen MR) is 115 cm³/mol. The summed E-state index contributed by atoms with van der Waals surface area (Å²) in [6.45, 7) is 8.97. The fourth-order valence-electron chi connectivity index (χ4n) is 2.55. The molecule has 0 atom stereocenters. The molecule has 0 fully saturated rings. The molecule has 0 N–H and O–H groups in total. The van der Waals surface area contributed by atoms with Gasteiger partial charge in [0.25, 0.3) is 0 Å². The van der Waals surface area contributed by atoms with Crippen LogP contribution in [0.4, 0.5) is 4.39 Å². The second kappa shape index (κ2) is 13.6. The zero-order valence-corrected chi connectivity index (χ0v) is 18.2. The van der Waals surface area contributed by atoms with Gasteiger partial charge in [-0.1, -0.05) is 40.5 Å². The lowest BCUT2D eigenvalue weighted by Gasteiger charge is -2.14. The first-order chi connectivity index (χ1) is 14.1. The number of benzene rings is 2. The van der Waals surface area contributed by atoms with E-state index in [1.807, 2.05) is 20.8 Å². The molecule has 0 aliphatic heterocycles. The summed E-state index contributed by atoms with van der Waals surface area (Å²) in [7, 11) is 1.53. The molecule has 0 radical (unpaired) electrons. The number of rotatable bonds is 10. The maximum Gasteiger partial charge on any atom is 0.338 e. The summed E-state index contributed by atoms with van der Waals surface area (Å²) < 4.78 is 30.8. The molecule has 2 aromatic rings. The summed E-state index contributed by atoms with van der Waals surface area (Å²) in [4.78, 5) is 12.2. The first-order valence-corrected chi connectivity index (χ1v) is 10.4. The van der Waals surface area contributed by atoms with Crippen LogP contribution in [-0.4, -0.2) is 26.3 Å². The minimum Gasteiger partial charge on any atom is -0.497 e. The average Bonchev–Trinajstić information content (AvgIpc) is 2.76. The van der Waals surface area contributed by atoms with E-state index in [0.717, 1.165) is 25.7 Å². The van der Waals surface area contributed by atoms with E-state index in [4.69, 9.17) is 14.2 Å². The quantitative estimate of drug-likeness (QED) is 0.328. The number of unbranched alkanes of at least 4 members (excludes halogenated alkanes) is 2. The maximum atomic E-state index is 14.4. The number of hydrogen-bond acceptors (Lipinski definition) is 4. The van der Waals surface area contributed by atoms with Gasteiger partial charge in [-0.15, -0.1) is 0 Å². The number of halogens is 1. The number of carbonyl (C=O) groups is 1. The molecule has 0 saturated heterocycles. The van der Waals surface area contributed by atoms with Crippen LogP contribution in [-0.2, 0) is 4.74 Å². The van der Waals surface area contributed by atoms with Gasteiger partial charge in [-0.25, -0.2) is 9.18 Å². The topological polar surface area (TPSA) is 44.8 Å². The standard InChI is InChI=1S/C22H27FO4.C2H6/c1-4-6-12-26-21-14-16(22(24)27-13-7-5-2)8-10-18(21)19-15-17(25-3)9-11-20(19)23;1-2/h8-11,14-15H,4-7,12-13H2,1-3H3;1-2H3. The SMILES string of the molecule is CC.CCCCOC(=O)c1ccc(-c2cc(OC)ccc2F)c(OCCCC)c1. The molecule has 29 heavy (non-hydrogen) atoms. The lowest BCUT2D eigenvalue weighted by atomic mass is 10.0. The van der Waals surface area contributed by atoms with Crippen LogP contribution in [0.25, 0.3) is 11.1 Å². The largest absolute Gasteiger partial charge is 0.497 e. The molecule has 0 spiro atoms. The highest BCUT2D eigenvalue weighted by Gasteiger charge is 2.16. The van der Waals surface area contributed by atoms with Gasteiger partial charge in [-0.2, -0.15) is 0 Å². The van der Waals surface area contributed by atoms with Crippen LogP contribution in [0, 0.1) is 5.82 Å². The molecule has 2 rings (SSSR count). The minimum absolute atomic E-state index is 0.367. The fraction of sp³-hybridized carbons (Fsp3) is 0.458. The molecule has 0 aliphatic rings. The van der Waals surface area contributed by atoms with Crippen LogP contribution in [0.2, 0.25) is 0 Å². The van der Waals surface area contributed by atoms with Gasteiger partial charge < -0.3 is 14.2 Å². The Kier molecular flexibility index (Phi) is 11.5. The fourth-order valence-corrected chi connectivity index (χ4v) is 2.55. The van der Waals surface area contributed by atoms with Gasteiger partial charge >= 0.3 is 5.97 Å². The highest BCUT2D eigenvalue weighted by Crippen LogP contribution is 2.35. The molecular formula is C24H33FO4. The number of ether oxygens (including phenoxy) is 3. The molecule has 0 amide bonds. The monoisotopic (exact) mass is 404 g/mol. The molecule has 2 aromatic carbocycles. The molecule has 0 saturated carbocycles. The Morgan fingerprint density at radius 3 is 2.28 bits per heavy atom. The highest BCUT2D eigenvalue weighted by molar-refractivity contribution is 5.91. The van der Waals surface area contributed by atoms with Crippen molar-refractivity contribution in [1.82, 2.24) is 0 Å². The van der Waals surface area contributed by atoms with Gasteiger partial charge in [0.2, 0.25) is 0 Å². The molecular weight excluding hydrogens is 371 g/mol. The van der Waals surface area contributed by atoms with Crippen molar-refractivity contribution in [3.63, 3.8) is 0 Å². The summed E-state index contributed by atoms with van der Waals surface area (Å²) in [6, 6.07) is 9.49. The van der Waals surface area contributed by atoms with Crippen molar-refractivity contribution in [3.8, 4) is 22.6 Å². The van der Waals surface area contributed by atoms with E-state index in [1.165, 1.54) is 13.2 Å². The van der Waals surface area contributed by atoms with Crippen molar-refractivity contribution in [3.05, 3.63) is 47.8 Å². The van der Waals surface area contributed by atoms with Crippen molar-refractivity contribution in [2.24, 2.45) is 0 Å². The van der Waals surface area contributed by atoms with Gasteiger partial charge in [0, 0.05) is 11.1 Å². The highest BCUT2D eigenvalue weighted by atomic mass is 19.1. The van der Waals surface area contributed by atoms with E-state index in [1.54, 1.807) is 30.3 Å². The summed E-state index contributed by atoms with van der Waals surface area (Å²) in [5, 5.41) is 0. The average molecular weight is 405 g/mol. The van der Waals surface area contributed by atoms with Gasteiger partial charge in [-0.05, 0) is 49.2 Å². The number of esters is 1. The summed E-state index contributed by atoms with van der Waals surface area (Å²) >= 11 is 0. The normalized spacial score (nSPS) is 10.0. The molecule has 0 aliphatic carbocycles. The molecule has 5 heteroatoms. The lowest BCUT2D eigenvalue weighted by molar-refractivity contribution is 0.0499. The first-order valence-electron chi connectivity index (χ1n) is 10.4. The summed E-state index contributed by atoms with van der Waals surface area (Å²) in [5.74, 6) is 0.227. The van der Waals surface area contributed by atoms with Crippen LogP contribution >= 0.6 is 0 Å². The maximum absolute atomic E-state index is 14.4. The predicted octanol–water partition coefficient (Wildman–Crippen LogP) is 6.66. The zero-order valence-electron chi connectivity index (χ0n) is 18.2. The second-order valence-electron chi connectivity index (χ2n) is 6.25. The van der Waals surface area contributed by atoms with E-state index < -0.39 is 5.97 Å². The van der Waals surface area contributed by atoms with Crippen molar-refractivity contribution >= 4 is 5.97 Å². The van der Waals surface area contributed by atoms with Gasteiger partial charge in [-0.3, -0.25) is 0 Å². The van der Waals surface area contributed by atoms with Gasteiger partial charge in [0.1, 0.15) is 17.3 Å². The molecule has 160 valence electrons. The van der Waals surface area contributed by atoms with Gasteiger partial charge in [0.15, 0.2) is 0 Å². The van der Waals surface area contributed by atoms with Crippen molar-refractivity contribution in [2.75, 3.05) is 20.3 Å². The van der Waals surface area contributed by atoms with Crippen LogP contribution in [0.3, 0.4) is 0 Å². The second-order valence-corrected chi connectivity index (χ2v) is 6.25. The third-order valence-corrected chi connectivity index (χ3v) is 4.17. The van der Waals surface area contributed by atoms with E-state index in [2.05, 4.69) is 6.92 Å². The van der Waals surface area contributed by atoms with E-state index in [0.29, 0.717) is 41.4 Å². The third kappa shape index (κ3) is 7.41. The molecule has 0 bridgehead atoms. The van der Waals surface area contributed by atoms with E-state index >= 15 is 0 Å². The molecule has 0 aromatic heterocycles. The number of hydrogen-bond donors (Lipinski definition) is 0. The first kappa shape index (κ1) is 24.5. The lowest BCUT2D eigenvalue weighted by Crippen LogP contribution is -2.07. The van der Waals surface area contributed by atoms with Crippen molar-refractivity contribution in [1.29, 1.82) is 0 Å².